The fourth-order valence-electron chi connectivity index (χ4n) is 1.26. The molecule has 11 heavy (non-hydrogen) atoms. The summed E-state index contributed by atoms with van der Waals surface area (Å²) < 4.78 is 1.09. The van der Waals surface area contributed by atoms with Crippen LogP contribution in [0.15, 0.2) is 22.7 Å². The molecule has 56 valence electrons. The van der Waals surface area contributed by atoms with Gasteiger partial charge in [-0.2, -0.15) is 0 Å². The lowest BCUT2D eigenvalue weighted by molar-refractivity contribution is 0.350. The number of hydrogen-bond acceptors (Lipinski definition) is 1. The summed E-state index contributed by atoms with van der Waals surface area (Å²) >= 11 is 3.38. The number of halogens is 1. The molecular formula is C9H7BrO. The van der Waals surface area contributed by atoms with Crippen molar-refractivity contribution in [1.82, 2.24) is 0 Å². The zero-order valence-corrected chi connectivity index (χ0v) is 7.43. The summed E-state index contributed by atoms with van der Waals surface area (Å²) in [6.45, 7) is 0.147. The van der Waals surface area contributed by atoms with Crippen LogP contribution in [0.1, 0.15) is 11.1 Å². The van der Waals surface area contributed by atoms with Gasteiger partial charge in [-0.3, -0.25) is 0 Å². The molecule has 1 aliphatic carbocycles. The first kappa shape index (κ1) is 7.07. The molecule has 0 fully saturated rings. The largest absolute Gasteiger partial charge is 0.392 e. The second-order valence-electron chi connectivity index (χ2n) is 2.56. The van der Waals surface area contributed by atoms with E-state index >= 15 is 0 Å². The van der Waals surface area contributed by atoms with Crippen molar-refractivity contribution in [2.45, 2.75) is 0 Å². The Hall–Kier alpha value is -0.600. The lowest BCUT2D eigenvalue weighted by Crippen LogP contribution is -2.01. The van der Waals surface area contributed by atoms with E-state index in [2.05, 4.69) is 22.0 Å². The van der Waals surface area contributed by atoms with Gasteiger partial charge in [0.25, 0.3) is 0 Å². The Bertz CT molecular complexity index is 328. The molecule has 0 radical (unpaired) electrons. The zero-order chi connectivity index (χ0) is 7.84. The Morgan fingerprint density at radius 2 is 2.18 bits per heavy atom. The number of hydrogen-bond donors (Lipinski definition) is 1. The minimum Gasteiger partial charge on any atom is -0.392 e. The molecule has 0 saturated heterocycles. The fourth-order valence-corrected chi connectivity index (χ4v) is 1.64. The van der Waals surface area contributed by atoms with E-state index in [1.807, 2.05) is 18.2 Å². The molecule has 2 rings (SSSR count). The van der Waals surface area contributed by atoms with Gasteiger partial charge in [-0.25, -0.2) is 0 Å². The molecule has 0 aliphatic heterocycles. The van der Waals surface area contributed by atoms with Gasteiger partial charge in [-0.1, -0.05) is 22.0 Å². The number of rotatable bonds is 1. The molecule has 1 nitrogen and oxygen atoms in total. The highest BCUT2D eigenvalue weighted by molar-refractivity contribution is 9.10. The average Bonchev–Trinajstić information content (AvgIpc) is 1.95. The van der Waals surface area contributed by atoms with Gasteiger partial charge in [-0.15, -0.1) is 0 Å². The van der Waals surface area contributed by atoms with Crippen LogP contribution in [0.5, 0.6) is 0 Å². The van der Waals surface area contributed by atoms with Gasteiger partial charge < -0.3 is 5.11 Å². The maximum absolute atomic E-state index is 8.82. The molecule has 0 amide bonds. The summed E-state index contributed by atoms with van der Waals surface area (Å²) in [5, 5.41) is 8.82. The van der Waals surface area contributed by atoms with Crippen molar-refractivity contribution in [2.75, 3.05) is 6.61 Å². The van der Waals surface area contributed by atoms with Crippen molar-refractivity contribution in [2.24, 2.45) is 0 Å². The van der Waals surface area contributed by atoms with E-state index in [1.165, 1.54) is 11.1 Å². The van der Waals surface area contributed by atoms with Gasteiger partial charge in [0.05, 0.1) is 6.61 Å². The predicted octanol–water partition coefficient (Wildman–Crippen LogP) is 2.30. The van der Waals surface area contributed by atoms with Gasteiger partial charge in [0.2, 0.25) is 0 Å². The second-order valence-corrected chi connectivity index (χ2v) is 3.47. The van der Waals surface area contributed by atoms with Gasteiger partial charge in [0.15, 0.2) is 0 Å². The second kappa shape index (κ2) is 2.47. The van der Waals surface area contributed by atoms with Crippen LogP contribution in [0, 0.1) is 0 Å². The molecule has 1 aromatic carbocycles. The quantitative estimate of drug-likeness (QED) is 0.755. The lowest BCUT2D eigenvalue weighted by atomic mass is 9.89. The Morgan fingerprint density at radius 1 is 1.36 bits per heavy atom. The molecule has 0 saturated carbocycles. The summed E-state index contributed by atoms with van der Waals surface area (Å²) in [6.07, 6.45) is 2.00. The molecule has 0 atom stereocenters. The van der Waals surface area contributed by atoms with Crippen LogP contribution in [0.25, 0.3) is 11.6 Å². The van der Waals surface area contributed by atoms with Crippen molar-refractivity contribution in [3.63, 3.8) is 0 Å². The topological polar surface area (TPSA) is 20.2 Å². The number of aliphatic hydroxyl groups excluding tert-OH is 1. The highest BCUT2D eigenvalue weighted by atomic mass is 79.9. The highest BCUT2D eigenvalue weighted by Gasteiger charge is 2.14. The number of aliphatic hydroxyl groups is 1. The monoisotopic (exact) mass is 210 g/mol. The molecule has 1 aromatic rings. The molecule has 1 N–H and O–H groups in total. The Morgan fingerprint density at radius 3 is 2.82 bits per heavy atom. The van der Waals surface area contributed by atoms with Gasteiger partial charge in [-0.05, 0) is 34.9 Å². The molecule has 0 unspecified atom stereocenters. The van der Waals surface area contributed by atoms with E-state index in [4.69, 9.17) is 5.11 Å². The standard InChI is InChI=1S/C9H7BrO/c10-8-1-2-9-6(4-8)3-7(9)5-11/h1-4,11H,5H2. The fraction of sp³-hybridized carbons (Fsp3) is 0.111. The minimum atomic E-state index is 0.147. The van der Waals surface area contributed by atoms with Crippen LogP contribution < -0.4 is 0 Å². The third kappa shape index (κ3) is 1.03. The highest BCUT2D eigenvalue weighted by Crippen LogP contribution is 2.33. The molecule has 0 aromatic heterocycles. The predicted molar refractivity (Wildman–Crippen MR) is 49.1 cm³/mol. The first-order valence-electron chi connectivity index (χ1n) is 3.42. The summed E-state index contributed by atoms with van der Waals surface area (Å²) in [5.74, 6) is 0. The van der Waals surface area contributed by atoms with E-state index in [9.17, 15) is 0 Å². The van der Waals surface area contributed by atoms with Crippen LogP contribution in [-0.2, 0) is 0 Å². The van der Waals surface area contributed by atoms with Crippen LogP contribution in [0.2, 0.25) is 0 Å². The molecule has 0 spiro atoms. The third-order valence-corrected chi connectivity index (χ3v) is 2.35. The van der Waals surface area contributed by atoms with Crippen LogP contribution >= 0.6 is 15.9 Å². The van der Waals surface area contributed by atoms with Gasteiger partial charge >= 0.3 is 0 Å². The number of fused-ring (bicyclic) bond motifs is 1. The first-order valence-corrected chi connectivity index (χ1v) is 4.22. The van der Waals surface area contributed by atoms with E-state index in [1.54, 1.807) is 0 Å². The summed E-state index contributed by atoms with van der Waals surface area (Å²) in [7, 11) is 0. The van der Waals surface area contributed by atoms with Crippen molar-refractivity contribution in [1.29, 1.82) is 0 Å². The van der Waals surface area contributed by atoms with E-state index in [0.717, 1.165) is 10.0 Å². The lowest BCUT2D eigenvalue weighted by Gasteiger charge is -2.17. The van der Waals surface area contributed by atoms with Crippen molar-refractivity contribution >= 4 is 27.6 Å². The maximum atomic E-state index is 8.82. The third-order valence-electron chi connectivity index (χ3n) is 1.86. The summed E-state index contributed by atoms with van der Waals surface area (Å²) in [5.41, 5.74) is 3.42. The molecule has 0 bridgehead atoms. The normalized spacial score (nSPS) is 13.5. The van der Waals surface area contributed by atoms with E-state index < -0.39 is 0 Å². The van der Waals surface area contributed by atoms with Crippen LogP contribution in [0.3, 0.4) is 0 Å². The van der Waals surface area contributed by atoms with Crippen LogP contribution in [0.4, 0.5) is 0 Å². The molecule has 1 aliphatic rings. The maximum Gasteiger partial charge on any atom is 0.0688 e. The smallest absolute Gasteiger partial charge is 0.0688 e. The Balaban J connectivity index is 2.43. The van der Waals surface area contributed by atoms with Crippen molar-refractivity contribution in [3.8, 4) is 0 Å². The first-order chi connectivity index (χ1) is 5.31. The van der Waals surface area contributed by atoms with Gasteiger partial charge in [0.1, 0.15) is 0 Å². The zero-order valence-electron chi connectivity index (χ0n) is 5.84. The van der Waals surface area contributed by atoms with Gasteiger partial charge in [0, 0.05) is 4.47 Å². The summed E-state index contributed by atoms with van der Waals surface area (Å²) in [4.78, 5) is 0. The minimum absolute atomic E-state index is 0.147. The Kier molecular flexibility index (Phi) is 1.59. The van der Waals surface area contributed by atoms with Crippen molar-refractivity contribution < 1.29 is 5.11 Å². The molecule has 0 heterocycles. The van der Waals surface area contributed by atoms with Crippen LogP contribution in [-0.4, -0.2) is 11.7 Å². The molecule has 2 heteroatoms. The SMILES string of the molecule is OCC1=Cc2cc(Br)ccc21. The Labute approximate surface area is 73.5 Å². The number of benzene rings is 1. The van der Waals surface area contributed by atoms with E-state index in [0.29, 0.717) is 0 Å². The summed E-state index contributed by atoms with van der Waals surface area (Å²) in [6, 6.07) is 6.06. The average molecular weight is 211 g/mol. The van der Waals surface area contributed by atoms with Crippen molar-refractivity contribution in [3.05, 3.63) is 33.8 Å². The molecular weight excluding hydrogens is 204 g/mol. The van der Waals surface area contributed by atoms with E-state index in [-0.39, 0.29) is 6.61 Å².